The largest absolute Gasteiger partial charge is 0.469 e. The molecular weight excluding hydrogens is 613 g/mol. The van der Waals surface area contributed by atoms with Gasteiger partial charge in [-0.2, -0.15) is 13.2 Å². The van der Waals surface area contributed by atoms with Gasteiger partial charge >= 0.3 is 18.2 Å². The van der Waals surface area contributed by atoms with Gasteiger partial charge in [-0.15, -0.1) is 0 Å². The zero-order valence-corrected chi connectivity index (χ0v) is 29.1. The molecule has 2 rings (SSSR count). The van der Waals surface area contributed by atoms with Gasteiger partial charge in [-0.25, -0.2) is 4.79 Å². The molecule has 7 nitrogen and oxygen atoms in total. The van der Waals surface area contributed by atoms with Crippen LogP contribution in [0.4, 0.5) is 23.7 Å². The van der Waals surface area contributed by atoms with Gasteiger partial charge < -0.3 is 24.1 Å². The highest BCUT2D eigenvalue weighted by atomic mass is 35.5. The van der Waals surface area contributed by atoms with Crippen LogP contribution in [-0.2, 0) is 31.3 Å². The van der Waals surface area contributed by atoms with E-state index >= 15 is 0 Å². The third-order valence-corrected chi connectivity index (χ3v) is 12.3. The number of nitrogens with zero attached hydrogens (tertiary/aromatic N) is 1. The lowest BCUT2D eigenvalue weighted by Gasteiger charge is -2.41. The van der Waals surface area contributed by atoms with Crippen LogP contribution in [0.2, 0.25) is 23.2 Å². The van der Waals surface area contributed by atoms with E-state index in [1.165, 1.54) is 17.0 Å². The van der Waals surface area contributed by atoms with Gasteiger partial charge in [0.1, 0.15) is 5.60 Å². The molecule has 0 aromatic heterocycles. The number of alkyl halides is 3. The Kier molecular flexibility index (Phi) is 12.4. The number of ether oxygens (including phenoxy) is 2. The van der Waals surface area contributed by atoms with Gasteiger partial charge in [0.05, 0.1) is 31.7 Å². The lowest BCUT2D eigenvalue weighted by atomic mass is 10.0. The minimum atomic E-state index is -4.68. The van der Waals surface area contributed by atoms with Crippen LogP contribution in [-0.4, -0.2) is 57.1 Å². The van der Waals surface area contributed by atoms with E-state index in [4.69, 9.17) is 20.8 Å². The number of carbonyl (C=O) groups is 2. The number of benzene rings is 2. The molecule has 0 bridgehead atoms. The maximum absolute atomic E-state index is 13.9. The number of rotatable bonds is 11. The zero-order valence-electron chi connectivity index (χ0n) is 27.3. The van der Waals surface area contributed by atoms with Crippen LogP contribution in [0.5, 0.6) is 0 Å². The summed E-state index contributed by atoms with van der Waals surface area (Å²) in [6, 6.07) is 10.4. The van der Waals surface area contributed by atoms with Gasteiger partial charge in [0.2, 0.25) is 0 Å². The average Bonchev–Trinajstić information content (AvgIpc) is 2.87. The topological polar surface area (TPSA) is 77.1 Å². The van der Waals surface area contributed by atoms with Gasteiger partial charge in [0, 0.05) is 23.3 Å². The summed E-state index contributed by atoms with van der Waals surface area (Å²) in [4.78, 5) is 26.8. The predicted molar refractivity (Wildman–Crippen MR) is 171 cm³/mol. The fraction of sp³-hybridized carbons (Fsp3) is 0.562. The summed E-state index contributed by atoms with van der Waals surface area (Å²) in [6.45, 7) is 17.9. The second-order valence-corrected chi connectivity index (χ2v) is 18.6. The number of methoxy groups -OCH3 is 1. The number of carbonyl (C=O) groups excluding carboxylic acids is 2. The molecule has 1 amide bonds. The van der Waals surface area contributed by atoms with Gasteiger partial charge in [0.25, 0.3) is 0 Å². The molecule has 0 unspecified atom stereocenters. The Bertz CT molecular complexity index is 1290. The number of anilines is 1. The average molecular weight is 659 g/mol. The molecule has 2 aromatic rings. The summed E-state index contributed by atoms with van der Waals surface area (Å²) in [6.07, 6.45) is -6.31. The van der Waals surface area contributed by atoms with E-state index in [-0.39, 0.29) is 29.4 Å². The minimum Gasteiger partial charge on any atom is -0.469 e. The third-order valence-electron chi connectivity index (χ3n) is 7.57. The van der Waals surface area contributed by atoms with Crippen molar-refractivity contribution in [2.75, 3.05) is 25.5 Å². The van der Waals surface area contributed by atoms with E-state index in [0.717, 1.165) is 18.7 Å². The Morgan fingerprint density at radius 3 is 2.18 bits per heavy atom. The lowest BCUT2D eigenvalue weighted by Crippen LogP contribution is -2.49. The summed E-state index contributed by atoms with van der Waals surface area (Å²) in [5.74, 6) is -0.771. The van der Waals surface area contributed by atoms with E-state index in [9.17, 15) is 22.8 Å². The summed E-state index contributed by atoms with van der Waals surface area (Å²) in [7, 11) is -1.22. The molecule has 0 aliphatic rings. The van der Waals surface area contributed by atoms with Crippen molar-refractivity contribution in [3.05, 3.63) is 64.2 Å². The smallest absolute Gasteiger partial charge is 0.416 e. The molecule has 0 radical (unpaired) electrons. The molecule has 0 fully saturated rings. The molecule has 246 valence electrons. The maximum atomic E-state index is 13.9. The molecule has 0 aliphatic carbocycles. The van der Waals surface area contributed by atoms with Gasteiger partial charge in [0.15, 0.2) is 8.32 Å². The van der Waals surface area contributed by atoms with E-state index in [0.29, 0.717) is 5.02 Å². The maximum Gasteiger partial charge on any atom is 0.416 e. The van der Waals surface area contributed by atoms with Gasteiger partial charge in [-0.1, -0.05) is 50.6 Å². The number of amides is 1. The SMILES string of the molecule is COC(=O)Cc1ccc(NC[C@@H](C)N(C[C@H](O[Si](C)(C)C(C)(C)C)c2cccc(Cl)c2)C(=O)OC(C)(C)C)cc1C(F)(F)F. The van der Waals surface area contributed by atoms with E-state index in [2.05, 4.69) is 43.9 Å². The molecule has 0 aliphatic heterocycles. The number of esters is 1. The zero-order chi connectivity index (χ0) is 33.7. The molecule has 0 heterocycles. The molecule has 1 N–H and O–H groups in total. The van der Waals surface area contributed by atoms with Crippen molar-refractivity contribution in [1.82, 2.24) is 4.90 Å². The van der Waals surface area contributed by atoms with E-state index in [1.54, 1.807) is 33.8 Å². The molecule has 12 heteroatoms. The first-order chi connectivity index (χ1) is 20.0. The van der Waals surface area contributed by atoms with Crippen molar-refractivity contribution in [3.63, 3.8) is 0 Å². The van der Waals surface area contributed by atoms with Crippen molar-refractivity contribution in [2.24, 2.45) is 0 Å². The van der Waals surface area contributed by atoms with Crippen LogP contribution in [0.1, 0.15) is 71.3 Å². The molecule has 2 aromatic carbocycles. The second kappa shape index (κ2) is 14.6. The summed E-state index contributed by atoms with van der Waals surface area (Å²) >= 11 is 6.34. The van der Waals surface area contributed by atoms with Crippen LogP contribution in [0.25, 0.3) is 0 Å². The third kappa shape index (κ3) is 11.0. The van der Waals surface area contributed by atoms with Crippen LogP contribution in [0.3, 0.4) is 0 Å². The molecular formula is C32H46ClF3N2O5Si. The predicted octanol–water partition coefficient (Wildman–Crippen LogP) is 8.87. The van der Waals surface area contributed by atoms with Crippen LogP contribution in [0.15, 0.2) is 42.5 Å². The highest BCUT2D eigenvalue weighted by Crippen LogP contribution is 2.40. The van der Waals surface area contributed by atoms with Crippen molar-refractivity contribution >= 4 is 37.7 Å². The second-order valence-electron chi connectivity index (χ2n) is 13.4. The van der Waals surface area contributed by atoms with Crippen molar-refractivity contribution in [3.8, 4) is 0 Å². The van der Waals surface area contributed by atoms with Crippen molar-refractivity contribution < 1.29 is 36.7 Å². The van der Waals surface area contributed by atoms with Crippen molar-refractivity contribution in [2.45, 2.75) is 96.9 Å². The fourth-order valence-electron chi connectivity index (χ4n) is 4.09. The summed E-state index contributed by atoms with van der Waals surface area (Å²) in [5, 5.41) is 3.43. The molecule has 44 heavy (non-hydrogen) atoms. The summed E-state index contributed by atoms with van der Waals surface area (Å²) < 4.78 is 58.7. The Morgan fingerprint density at radius 1 is 1.02 bits per heavy atom. The monoisotopic (exact) mass is 658 g/mol. The van der Waals surface area contributed by atoms with E-state index < -0.39 is 56.3 Å². The Morgan fingerprint density at radius 2 is 1.66 bits per heavy atom. The van der Waals surface area contributed by atoms with Gasteiger partial charge in [-0.3, -0.25) is 4.79 Å². The van der Waals surface area contributed by atoms with Crippen LogP contribution < -0.4 is 5.32 Å². The van der Waals surface area contributed by atoms with Crippen molar-refractivity contribution in [1.29, 1.82) is 0 Å². The number of hydrogen-bond acceptors (Lipinski definition) is 6. The Labute approximate surface area is 265 Å². The molecule has 0 spiro atoms. The highest BCUT2D eigenvalue weighted by molar-refractivity contribution is 6.74. The number of nitrogens with one attached hydrogen (secondary N) is 1. The minimum absolute atomic E-state index is 0.106. The molecule has 0 saturated heterocycles. The number of halogens is 4. The normalized spacial score (nSPS) is 14.0. The molecule has 0 saturated carbocycles. The standard InChI is InChI=1S/C32H46ClF3N2O5Si/c1-21(19-37-25-15-14-22(17-28(39)41-8)26(18-25)32(34,35)36)38(29(40)42-30(2,3)4)20-27(23-12-11-13-24(33)16-23)43-44(9,10)31(5,6)7/h11-16,18,21,27,37H,17,19-20H2,1-10H3/t21-,27+/m1/s1. The van der Waals surface area contributed by atoms with Crippen LogP contribution in [0, 0.1) is 0 Å². The Balaban J connectivity index is 2.44. The summed E-state index contributed by atoms with van der Waals surface area (Å²) in [5.41, 5.74) is -0.928. The highest BCUT2D eigenvalue weighted by Gasteiger charge is 2.41. The lowest BCUT2D eigenvalue weighted by molar-refractivity contribution is -0.141. The first-order valence-corrected chi connectivity index (χ1v) is 17.8. The quantitative estimate of drug-likeness (QED) is 0.192. The van der Waals surface area contributed by atoms with Gasteiger partial charge in [-0.05, 0) is 81.2 Å². The van der Waals surface area contributed by atoms with Crippen LogP contribution >= 0.6 is 11.6 Å². The van der Waals surface area contributed by atoms with E-state index in [1.807, 2.05) is 18.2 Å². The number of hydrogen-bond donors (Lipinski definition) is 1. The first-order valence-electron chi connectivity index (χ1n) is 14.5. The fourth-order valence-corrected chi connectivity index (χ4v) is 5.57. The molecule has 2 atom stereocenters. The Hall–Kier alpha value is -2.76. The first kappa shape index (κ1) is 37.4.